The lowest BCUT2D eigenvalue weighted by molar-refractivity contribution is 0.596. The summed E-state index contributed by atoms with van der Waals surface area (Å²) in [6.07, 6.45) is 1.32. The van der Waals surface area contributed by atoms with Crippen LogP contribution in [0.3, 0.4) is 0 Å². The summed E-state index contributed by atoms with van der Waals surface area (Å²) < 4.78 is 14.7. The van der Waals surface area contributed by atoms with Gasteiger partial charge in [0.15, 0.2) is 5.82 Å². The summed E-state index contributed by atoms with van der Waals surface area (Å²) in [4.78, 5) is 7.73. The third kappa shape index (κ3) is 1.96. The van der Waals surface area contributed by atoms with Crippen molar-refractivity contribution in [2.45, 2.75) is 6.54 Å². The normalized spacial score (nSPS) is 10.4. The van der Waals surface area contributed by atoms with Crippen LogP contribution in [0.2, 0.25) is 0 Å². The van der Waals surface area contributed by atoms with Crippen molar-refractivity contribution in [1.29, 1.82) is 0 Å². The highest BCUT2D eigenvalue weighted by Gasteiger charge is 2.13. The fraction of sp³-hybridized carbons (Fsp3) is 0.0909. The van der Waals surface area contributed by atoms with Crippen molar-refractivity contribution in [2.75, 3.05) is 0 Å². The molecule has 0 radical (unpaired) electrons. The van der Waals surface area contributed by atoms with Gasteiger partial charge in [-0.3, -0.25) is 0 Å². The van der Waals surface area contributed by atoms with Gasteiger partial charge in [-0.15, -0.1) is 0 Å². The quantitative estimate of drug-likeness (QED) is 0.920. The first kappa shape index (κ1) is 11.2. The van der Waals surface area contributed by atoms with E-state index in [9.17, 15) is 4.39 Å². The second kappa shape index (κ2) is 4.67. The van der Waals surface area contributed by atoms with E-state index in [0.717, 1.165) is 4.47 Å². The molecule has 0 saturated heterocycles. The van der Waals surface area contributed by atoms with Crippen LogP contribution in [0.15, 0.2) is 35.1 Å². The first-order chi connectivity index (χ1) is 7.74. The predicted octanol–water partition coefficient (Wildman–Crippen LogP) is 2.50. The molecule has 0 atom stereocenters. The maximum atomic E-state index is 13.9. The number of benzene rings is 1. The fourth-order valence-electron chi connectivity index (χ4n) is 1.39. The van der Waals surface area contributed by atoms with Crippen LogP contribution in [0.25, 0.3) is 11.3 Å². The van der Waals surface area contributed by atoms with E-state index in [-0.39, 0.29) is 17.9 Å². The Kier molecular flexibility index (Phi) is 3.26. The Morgan fingerprint density at radius 2 is 2.00 bits per heavy atom. The van der Waals surface area contributed by atoms with E-state index in [0.29, 0.717) is 5.56 Å². The molecule has 0 amide bonds. The highest BCUT2D eigenvalue weighted by Crippen LogP contribution is 2.28. The lowest BCUT2D eigenvalue weighted by atomic mass is 10.1. The third-order valence-corrected chi connectivity index (χ3v) is 2.88. The van der Waals surface area contributed by atoms with Crippen LogP contribution in [0.1, 0.15) is 5.69 Å². The summed E-state index contributed by atoms with van der Waals surface area (Å²) >= 11 is 3.36. The third-order valence-electron chi connectivity index (χ3n) is 2.18. The zero-order chi connectivity index (χ0) is 11.5. The largest absolute Gasteiger partial charge is 0.325 e. The number of nitrogens with zero attached hydrogens (tertiary/aromatic N) is 2. The maximum absolute atomic E-state index is 13.9. The Labute approximate surface area is 101 Å². The molecule has 0 bridgehead atoms. The van der Waals surface area contributed by atoms with E-state index in [1.54, 1.807) is 6.07 Å². The van der Waals surface area contributed by atoms with Crippen LogP contribution < -0.4 is 5.73 Å². The van der Waals surface area contributed by atoms with Crippen molar-refractivity contribution < 1.29 is 4.39 Å². The van der Waals surface area contributed by atoms with Crippen LogP contribution >= 0.6 is 15.9 Å². The first-order valence-electron chi connectivity index (χ1n) is 4.68. The topological polar surface area (TPSA) is 51.8 Å². The molecule has 16 heavy (non-hydrogen) atoms. The standard InChI is InChI=1S/C11H9BrFN3/c12-8-4-2-1-3-7(8)11-10(13)9(5-14)15-6-16-11/h1-4,6H,5,14H2. The molecule has 82 valence electrons. The Hall–Kier alpha value is -1.33. The van der Waals surface area contributed by atoms with Crippen LogP contribution in [-0.4, -0.2) is 9.97 Å². The molecule has 0 spiro atoms. The van der Waals surface area contributed by atoms with E-state index in [2.05, 4.69) is 25.9 Å². The lowest BCUT2D eigenvalue weighted by Gasteiger charge is -2.06. The molecule has 1 aromatic carbocycles. The minimum absolute atomic E-state index is 0.0613. The first-order valence-corrected chi connectivity index (χ1v) is 5.47. The Balaban J connectivity index is 2.61. The highest BCUT2D eigenvalue weighted by atomic mass is 79.9. The van der Waals surface area contributed by atoms with Crippen molar-refractivity contribution >= 4 is 15.9 Å². The van der Waals surface area contributed by atoms with Crippen molar-refractivity contribution in [1.82, 2.24) is 9.97 Å². The summed E-state index contributed by atoms with van der Waals surface area (Å²) in [7, 11) is 0. The van der Waals surface area contributed by atoms with Gasteiger partial charge in [-0.1, -0.05) is 34.1 Å². The minimum atomic E-state index is -0.461. The van der Waals surface area contributed by atoms with Crippen molar-refractivity contribution in [2.24, 2.45) is 5.73 Å². The lowest BCUT2D eigenvalue weighted by Crippen LogP contribution is -2.05. The van der Waals surface area contributed by atoms with Gasteiger partial charge in [-0.2, -0.15) is 0 Å². The summed E-state index contributed by atoms with van der Waals surface area (Å²) in [5, 5.41) is 0. The summed E-state index contributed by atoms with van der Waals surface area (Å²) in [6.45, 7) is 0.0613. The molecule has 0 aliphatic heterocycles. The molecule has 1 heterocycles. The van der Waals surface area contributed by atoms with Gasteiger partial charge in [0, 0.05) is 16.6 Å². The molecule has 0 fully saturated rings. The van der Waals surface area contributed by atoms with Crippen LogP contribution in [0.4, 0.5) is 4.39 Å². The van der Waals surface area contributed by atoms with E-state index in [4.69, 9.17) is 5.73 Å². The number of halogens is 2. The average Bonchev–Trinajstić information content (AvgIpc) is 2.31. The predicted molar refractivity (Wildman–Crippen MR) is 63.0 cm³/mol. The SMILES string of the molecule is NCc1ncnc(-c2ccccc2Br)c1F. The van der Waals surface area contributed by atoms with Gasteiger partial charge >= 0.3 is 0 Å². The zero-order valence-corrected chi connectivity index (χ0v) is 9.91. The highest BCUT2D eigenvalue weighted by molar-refractivity contribution is 9.10. The summed E-state index contributed by atoms with van der Waals surface area (Å²) in [5.41, 5.74) is 6.57. The summed E-state index contributed by atoms with van der Waals surface area (Å²) in [5.74, 6) is -0.461. The van der Waals surface area contributed by atoms with E-state index >= 15 is 0 Å². The van der Waals surface area contributed by atoms with Crippen molar-refractivity contribution in [3.63, 3.8) is 0 Å². The van der Waals surface area contributed by atoms with Crippen LogP contribution in [-0.2, 0) is 6.54 Å². The molecular weight excluding hydrogens is 273 g/mol. The number of rotatable bonds is 2. The molecule has 2 N–H and O–H groups in total. The van der Waals surface area contributed by atoms with Gasteiger partial charge in [0.05, 0.1) is 5.69 Å². The Morgan fingerprint density at radius 1 is 1.25 bits per heavy atom. The molecule has 2 rings (SSSR count). The second-order valence-electron chi connectivity index (χ2n) is 3.17. The molecule has 0 saturated carbocycles. The minimum Gasteiger partial charge on any atom is -0.325 e. The van der Waals surface area contributed by atoms with Gasteiger partial charge in [-0.25, -0.2) is 14.4 Å². The second-order valence-corrected chi connectivity index (χ2v) is 4.02. The average molecular weight is 282 g/mol. The molecular formula is C11H9BrFN3. The van der Waals surface area contributed by atoms with Gasteiger partial charge in [0.2, 0.25) is 0 Å². The monoisotopic (exact) mass is 281 g/mol. The Morgan fingerprint density at radius 3 is 2.69 bits per heavy atom. The van der Waals surface area contributed by atoms with Crippen molar-refractivity contribution in [3.8, 4) is 11.3 Å². The molecule has 5 heteroatoms. The van der Waals surface area contributed by atoms with Crippen LogP contribution in [0.5, 0.6) is 0 Å². The maximum Gasteiger partial charge on any atom is 0.172 e. The molecule has 2 aromatic rings. The van der Waals surface area contributed by atoms with Gasteiger partial charge < -0.3 is 5.73 Å². The smallest absolute Gasteiger partial charge is 0.172 e. The number of hydrogen-bond donors (Lipinski definition) is 1. The van der Waals surface area contributed by atoms with E-state index < -0.39 is 5.82 Å². The molecule has 0 aliphatic rings. The van der Waals surface area contributed by atoms with E-state index in [1.165, 1.54) is 6.33 Å². The van der Waals surface area contributed by atoms with Gasteiger partial charge in [-0.05, 0) is 6.07 Å². The van der Waals surface area contributed by atoms with Gasteiger partial charge in [0.25, 0.3) is 0 Å². The zero-order valence-electron chi connectivity index (χ0n) is 8.32. The fourth-order valence-corrected chi connectivity index (χ4v) is 1.86. The van der Waals surface area contributed by atoms with Crippen molar-refractivity contribution in [3.05, 3.63) is 46.6 Å². The number of nitrogens with two attached hydrogens (primary N) is 1. The summed E-state index contributed by atoms with van der Waals surface area (Å²) in [6, 6.07) is 7.30. The molecule has 1 aromatic heterocycles. The number of aromatic nitrogens is 2. The number of hydrogen-bond acceptors (Lipinski definition) is 3. The molecule has 0 unspecified atom stereocenters. The molecule has 0 aliphatic carbocycles. The van der Waals surface area contributed by atoms with Gasteiger partial charge in [0.1, 0.15) is 12.0 Å². The Bertz CT molecular complexity index is 516. The molecule has 3 nitrogen and oxygen atoms in total. The van der Waals surface area contributed by atoms with E-state index in [1.807, 2.05) is 18.2 Å². The van der Waals surface area contributed by atoms with Crippen LogP contribution in [0, 0.1) is 5.82 Å².